The van der Waals surface area contributed by atoms with Crippen LogP contribution in [0.2, 0.25) is 0 Å². The van der Waals surface area contributed by atoms with Gasteiger partial charge in [0.2, 0.25) is 0 Å². The van der Waals surface area contributed by atoms with Crippen LogP contribution in [0.1, 0.15) is 49.0 Å². The highest BCUT2D eigenvalue weighted by Crippen LogP contribution is 2.33. The average molecular weight is 494 g/mol. The summed E-state index contributed by atoms with van der Waals surface area (Å²) in [5.41, 5.74) is -0.726. The van der Waals surface area contributed by atoms with Gasteiger partial charge in [-0.3, -0.25) is 14.5 Å². The van der Waals surface area contributed by atoms with E-state index in [1.165, 1.54) is 12.1 Å². The van der Waals surface area contributed by atoms with Crippen molar-refractivity contribution in [2.24, 2.45) is 0 Å². The Balaban J connectivity index is 0.000000196. The van der Waals surface area contributed by atoms with E-state index in [1.807, 2.05) is 0 Å². The molecule has 34 heavy (non-hydrogen) atoms. The summed E-state index contributed by atoms with van der Waals surface area (Å²) in [6, 6.07) is 0.551. The number of halogens is 4. The minimum Gasteiger partial charge on any atom is -0.453 e. The van der Waals surface area contributed by atoms with Crippen molar-refractivity contribution in [3.05, 3.63) is 44.4 Å². The van der Waals surface area contributed by atoms with Gasteiger partial charge in [0.1, 0.15) is 11.5 Å². The largest absolute Gasteiger partial charge is 0.453 e. The monoisotopic (exact) mass is 494 g/mol. The predicted octanol–water partition coefficient (Wildman–Crippen LogP) is 2.62. The fourth-order valence-electron chi connectivity index (χ4n) is 4.24. The first kappa shape index (κ1) is 25.6. The maximum atomic E-state index is 13.0. The van der Waals surface area contributed by atoms with E-state index in [0.29, 0.717) is 37.3 Å². The number of piperidine rings is 2. The lowest BCUT2D eigenvalue weighted by Crippen LogP contribution is -2.49. The normalized spacial score (nSPS) is 25.2. The molecule has 2 aromatic rings. The average Bonchev–Trinajstić information content (AvgIpc) is 3.47. The number of methoxy groups -OCH3 is 1. The molecule has 14 heteroatoms. The number of aromatic amines is 2. The first-order valence-electron chi connectivity index (χ1n) is 10.7. The zero-order chi connectivity index (χ0) is 24.8. The SMILES string of the molecule is COC(=O)N1CC[C@H](c2cc(=O)[nH]o2)C[C@@H]1C(F)F.O=c1cc([C@H]2CCN[C@@H](C(F)F)C2)o[nH]1. The van der Waals surface area contributed by atoms with Gasteiger partial charge in [-0.1, -0.05) is 0 Å². The van der Waals surface area contributed by atoms with Crippen molar-refractivity contribution in [2.45, 2.75) is 62.5 Å². The van der Waals surface area contributed by atoms with Gasteiger partial charge in [0.05, 0.1) is 19.2 Å². The number of aromatic nitrogens is 2. The Morgan fingerprint density at radius 1 is 1.00 bits per heavy atom. The van der Waals surface area contributed by atoms with Gasteiger partial charge in [-0.25, -0.2) is 22.4 Å². The summed E-state index contributed by atoms with van der Waals surface area (Å²) in [5.74, 6) is 0.426. The van der Waals surface area contributed by atoms with Crippen molar-refractivity contribution in [1.82, 2.24) is 20.5 Å². The number of carbonyl (C=O) groups is 1. The van der Waals surface area contributed by atoms with Crippen molar-refractivity contribution >= 4 is 6.09 Å². The van der Waals surface area contributed by atoms with E-state index < -0.39 is 36.6 Å². The second kappa shape index (κ2) is 11.4. The first-order chi connectivity index (χ1) is 16.2. The van der Waals surface area contributed by atoms with Crippen LogP contribution in [0.3, 0.4) is 0 Å². The van der Waals surface area contributed by atoms with Crippen LogP contribution in [0.15, 0.2) is 30.8 Å². The molecule has 2 aromatic heterocycles. The minimum atomic E-state index is -2.67. The highest BCUT2D eigenvalue weighted by molar-refractivity contribution is 5.68. The third-order valence-electron chi connectivity index (χ3n) is 5.98. The molecule has 0 unspecified atom stereocenters. The van der Waals surface area contributed by atoms with Gasteiger partial charge < -0.3 is 19.1 Å². The number of carbonyl (C=O) groups excluding carboxylic acids is 1. The van der Waals surface area contributed by atoms with E-state index in [2.05, 4.69) is 20.4 Å². The van der Waals surface area contributed by atoms with Crippen molar-refractivity contribution in [2.75, 3.05) is 20.2 Å². The maximum Gasteiger partial charge on any atom is 0.409 e. The molecule has 4 atom stereocenters. The number of ether oxygens (including phenoxy) is 1. The molecular weight excluding hydrogens is 468 g/mol. The van der Waals surface area contributed by atoms with E-state index >= 15 is 0 Å². The number of H-pyrrole nitrogens is 2. The molecule has 1 amide bonds. The standard InChI is InChI=1S/C11H14F2N2O4.C9H12F2N2O2/c1-18-11(17)15-3-2-6(4-7(15)10(12)13)8-5-9(16)14-19-8;10-9(11)6-3-5(1-2-12-6)7-4-8(14)13-15-7/h5-7,10H,2-4H2,1H3,(H,14,16);4-6,9,12H,1-3H2,(H,13,14)/t6-,7+;5-,6+/m00/s1. The number of hydrogen-bond donors (Lipinski definition) is 3. The lowest BCUT2D eigenvalue weighted by molar-refractivity contribution is -0.00145. The van der Waals surface area contributed by atoms with Crippen LogP contribution in [0.25, 0.3) is 0 Å². The number of alkyl halides is 4. The first-order valence-corrected chi connectivity index (χ1v) is 10.7. The van der Waals surface area contributed by atoms with Gasteiger partial charge in [-0.2, -0.15) is 10.3 Å². The Bertz CT molecular complexity index is 1030. The second-order valence-corrected chi connectivity index (χ2v) is 8.13. The van der Waals surface area contributed by atoms with Crippen molar-refractivity contribution in [3.8, 4) is 0 Å². The van der Waals surface area contributed by atoms with Crippen LogP contribution in [-0.2, 0) is 4.74 Å². The van der Waals surface area contributed by atoms with Gasteiger partial charge in [0.25, 0.3) is 24.0 Å². The van der Waals surface area contributed by atoms with E-state index in [1.54, 1.807) is 0 Å². The van der Waals surface area contributed by atoms with Crippen molar-refractivity contribution in [1.29, 1.82) is 0 Å². The van der Waals surface area contributed by atoms with Gasteiger partial charge >= 0.3 is 6.09 Å². The zero-order valence-electron chi connectivity index (χ0n) is 18.3. The van der Waals surface area contributed by atoms with E-state index in [-0.39, 0.29) is 30.4 Å². The topological polar surface area (TPSA) is 134 Å². The number of nitrogens with zero attached hydrogens (tertiary/aromatic N) is 1. The number of likely N-dealkylation sites (tertiary alicyclic amines) is 1. The van der Waals surface area contributed by atoms with Gasteiger partial charge in [-0.05, 0) is 32.2 Å². The Kier molecular flexibility index (Phi) is 8.58. The van der Waals surface area contributed by atoms with Crippen LogP contribution < -0.4 is 16.4 Å². The second-order valence-electron chi connectivity index (χ2n) is 8.13. The quantitative estimate of drug-likeness (QED) is 0.557. The Morgan fingerprint density at radius 2 is 1.59 bits per heavy atom. The van der Waals surface area contributed by atoms with Crippen LogP contribution >= 0.6 is 0 Å². The summed E-state index contributed by atoms with van der Waals surface area (Å²) >= 11 is 0. The molecule has 2 aliphatic heterocycles. The summed E-state index contributed by atoms with van der Waals surface area (Å²) in [4.78, 5) is 34.3. The van der Waals surface area contributed by atoms with E-state index in [4.69, 9.17) is 9.05 Å². The summed E-state index contributed by atoms with van der Waals surface area (Å²) in [6.45, 7) is 0.663. The highest BCUT2D eigenvalue weighted by Gasteiger charge is 2.39. The van der Waals surface area contributed by atoms with Crippen LogP contribution in [-0.4, -0.2) is 66.4 Å². The van der Waals surface area contributed by atoms with Crippen molar-refractivity contribution in [3.63, 3.8) is 0 Å². The molecule has 3 N–H and O–H groups in total. The Hall–Kier alpha value is -3.03. The summed E-state index contributed by atoms with van der Waals surface area (Å²) < 4.78 is 65.3. The molecule has 4 rings (SSSR count). The molecule has 0 spiro atoms. The molecule has 0 aliphatic carbocycles. The summed E-state index contributed by atoms with van der Waals surface area (Å²) in [6.07, 6.45) is -4.32. The molecule has 10 nitrogen and oxygen atoms in total. The molecule has 2 fully saturated rings. The minimum absolute atomic E-state index is 0.0353. The number of nitrogens with one attached hydrogen (secondary N) is 3. The maximum absolute atomic E-state index is 13.0. The molecule has 0 saturated carbocycles. The molecule has 4 heterocycles. The smallest absolute Gasteiger partial charge is 0.409 e. The molecule has 2 saturated heterocycles. The third-order valence-corrected chi connectivity index (χ3v) is 5.98. The van der Waals surface area contributed by atoms with Crippen LogP contribution in [0, 0.1) is 0 Å². The highest BCUT2D eigenvalue weighted by atomic mass is 19.3. The molecule has 0 aromatic carbocycles. The molecule has 190 valence electrons. The fourth-order valence-corrected chi connectivity index (χ4v) is 4.24. The van der Waals surface area contributed by atoms with Crippen LogP contribution in [0.4, 0.5) is 22.4 Å². The summed E-state index contributed by atoms with van der Waals surface area (Å²) in [5, 5.41) is 7.05. The van der Waals surface area contributed by atoms with Crippen LogP contribution in [0.5, 0.6) is 0 Å². The molecule has 0 radical (unpaired) electrons. The zero-order valence-corrected chi connectivity index (χ0v) is 18.3. The predicted molar refractivity (Wildman–Crippen MR) is 109 cm³/mol. The number of hydrogen-bond acceptors (Lipinski definition) is 7. The Labute approximate surface area is 190 Å². The summed E-state index contributed by atoms with van der Waals surface area (Å²) in [7, 11) is 1.15. The van der Waals surface area contributed by atoms with Gasteiger partial charge in [0, 0.05) is 30.5 Å². The lowest BCUT2D eigenvalue weighted by atomic mass is 9.89. The Morgan fingerprint density at radius 3 is 2.06 bits per heavy atom. The third kappa shape index (κ3) is 6.30. The van der Waals surface area contributed by atoms with Crippen molar-refractivity contribution < 1.29 is 36.1 Å². The van der Waals surface area contributed by atoms with Gasteiger partial charge in [-0.15, -0.1) is 0 Å². The lowest BCUT2D eigenvalue weighted by Gasteiger charge is -2.37. The van der Waals surface area contributed by atoms with E-state index in [0.717, 1.165) is 12.0 Å². The van der Waals surface area contributed by atoms with Gasteiger partial charge in [0.15, 0.2) is 0 Å². The number of amides is 1. The molecule has 0 bridgehead atoms. The number of rotatable bonds is 4. The van der Waals surface area contributed by atoms with E-state index in [9.17, 15) is 31.9 Å². The molecule has 2 aliphatic rings. The fraction of sp³-hybridized carbons (Fsp3) is 0.650. The molecular formula is C20H26F4N4O6.